The minimum absolute atomic E-state index is 0.232. The molecule has 1 aromatic rings. The highest BCUT2D eigenvalue weighted by Crippen LogP contribution is 2.18. The molecule has 0 bridgehead atoms. The van der Waals surface area contributed by atoms with Gasteiger partial charge in [0.1, 0.15) is 0 Å². The molecule has 0 aromatic carbocycles. The molecule has 5 heteroatoms. The Morgan fingerprint density at radius 3 is 2.94 bits per heavy atom. The molecule has 0 saturated carbocycles. The molecule has 0 aliphatic heterocycles. The average Bonchev–Trinajstić information content (AvgIpc) is 2.35. The molecule has 0 radical (unpaired) electrons. The van der Waals surface area contributed by atoms with Gasteiger partial charge >= 0.3 is 0 Å². The molecule has 2 N–H and O–H groups in total. The van der Waals surface area contributed by atoms with Gasteiger partial charge in [0, 0.05) is 29.1 Å². The third-order valence-corrected chi connectivity index (χ3v) is 3.87. The predicted molar refractivity (Wildman–Crippen MR) is 76.4 cm³/mol. The third-order valence-electron chi connectivity index (χ3n) is 2.29. The zero-order chi connectivity index (χ0) is 12.5. The summed E-state index contributed by atoms with van der Waals surface area (Å²) in [5, 5.41) is 13.5. The lowest BCUT2D eigenvalue weighted by Gasteiger charge is -2.16. The van der Waals surface area contributed by atoms with Crippen molar-refractivity contribution >= 4 is 27.7 Å². The zero-order valence-corrected chi connectivity index (χ0v) is 12.4. The highest BCUT2D eigenvalue weighted by molar-refractivity contribution is 9.10. The van der Waals surface area contributed by atoms with Crippen molar-refractivity contribution in [1.82, 2.24) is 10.3 Å². The van der Waals surface area contributed by atoms with Crippen LogP contribution in [0.1, 0.15) is 19.8 Å². The number of thioether (sulfide) groups is 1. The molecule has 3 nitrogen and oxygen atoms in total. The largest absolute Gasteiger partial charge is 0.396 e. The first kappa shape index (κ1) is 15.0. The summed E-state index contributed by atoms with van der Waals surface area (Å²) in [6, 6.07) is 4.36. The maximum Gasteiger partial charge on any atom is 0.0961 e. The zero-order valence-electron chi connectivity index (χ0n) is 10.0. The van der Waals surface area contributed by atoms with E-state index in [-0.39, 0.29) is 6.61 Å². The van der Waals surface area contributed by atoms with Crippen LogP contribution in [0.5, 0.6) is 0 Å². The Morgan fingerprint density at radius 2 is 2.35 bits per heavy atom. The number of hydrogen-bond acceptors (Lipinski definition) is 4. The van der Waals surface area contributed by atoms with E-state index in [0.717, 1.165) is 34.6 Å². The quantitative estimate of drug-likeness (QED) is 0.723. The second kappa shape index (κ2) is 8.91. The number of nitrogens with one attached hydrogen (secondary N) is 1. The average molecular weight is 319 g/mol. The molecule has 96 valence electrons. The van der Waals surface area contributed by atoms with Crippen LogP contribution >= 0.6 is 27.7 Å². The van der Waals surface area contributed by atoms with Crippen molar-refractivity contribution in [2.45, 2.75) is 30.8 Å². The molecule has 17 heavy (non-hydrogen) atoms. The van der Waals surface area contributed by atoms with E-state index < -0.39 is 0 Å². The summed E-state index contributed by atoms with van der Waals surface area (Å²) in [4.78, 5) is 4.32. The molecule has 0 saturated heterocycles. The van der Waals surface area contributed by atoms with Gasteiger partial charge in [0.15, 0.2) is 0 Å². The Kier molecular flexibility index (Phi) is 7.84. The van der Waals surface area contributed by atoms with E-state index in [2.05, 4.69) is 33.2 Å². The smallest absolute Gasteiger partial charge is 0.0961 e. The van der Waals surface area contributed by atoms with Crippen molar-refractivity contribution in [2.24, 2.45) is 0 Å². The summed E-state index contributed by atoms with van der Waals surface area (Å²) in [7, 11) is 0. The number of aliphatic hydroxyl groups is 1. The number of aliphatic hydroxyl groups excluding tert-OH is 1. The molecule has 0 fully saturated rings. The monoisotopic (exact) mass is 318 g/mol. The molecule has 1 aromatic heterocycles. The van der Waals surface area contributed by atoms with Crippen molar-refractivity contribution in [3.63, 3.8) is 0 Å². The molecule has 0 spiro atoms. The molecule has 1 unspecified atom stereocenters. The number of nitrogens with zero attached hydrogens (tertiary/aromatic N) is 1. The first-order valence-electron chi connectivity index (χ1n) is 5.85. The SMILES string of the molecule is CCCNC(CCO)CSc1ccc(Br)cn1. The lowest BCUT2D eigenvalue weighted by molar-refractivity contribution is 0.270. The minimum Gasteiger partial charge on any atom is -0.396 e. The van der Waals surface area contributed by atoms with Gasteiger partial charge < -0.3 is 10.4 Å². The van der Waals surface area contributed by atoms with Gasteiger partial charge in [0.2, 0.25) is 0 Å². The lowest BCUT2D eigenvalue weighted by Crippen LogP contribution is -2.32. The van der Waals surface area contributed by atoms with Gasteiger partial charge in [-0.1, -0.05) is 6.92 Å². The first-order valence-corrected chi connectivity index (χ1v) is 7.62. The second-order valence-electron chi connectivity index (χ2n) is 3.79. The summed E-state index contributed by atoms with van der Waals surface area (Å²) < 4.78 is 0.998. The van der Waals surface area contributed by atoms with Crippen LogP contribution in [0.4, 0.5) is 0 Å². The first-order chi connectivity index (χ1) is 8.26. The minimum atomic E-state index is 0.232. The molecule has 0 aliphatic rings. The number of rotatable bonds is 8. The number of halogens is 1. The topological polar surface area (TPSA) is 45.1 Å². The summed E-state index contributed by atoms with van der Waals surface area (Å²) in [6.07, 6.45) is 3.72. The van der Waals surface area contributed by atoms with Crippen molar-refractivity contribution in [3.05, 3.63) is 22.8 Å². The van der Waals surface area contributed by atoms with E-state index in [9.17, 15) is 0 Å². The van der Waals surface area contributed by atoms with E-state index in [1.54, 1.807) is 11.8 Å². The summed E-state index contributed by atoms with van der Waals surface area (Å²) in [6.45, 7) is 3.38. The van der Waals surface area contributed by atoms with Crippen LogP contribution in [-0.4, -0.2) is 35.0 Å². The van der Waals surface area contributed by atoms with Gasteiger partial charge in [-0.3, -0.25) is 0 Å². The highest BCUT2D eigenvalue weighted by Gasteiger charge is 2.08. The normalized spacial score (nSPS) is 12.6. The Balaban J connectivity index is 2.37. The maximum atomic E-state index is 9.00. The summed E-state index contributed by atoms with van der Waals surface area (Å²) in [5.41, 5.74) is 0. The van der Waals surface area contributed by atoms with Gasteiger partial charge in [0.25, 0.3) is 0 Å². The molecular formula is C12H19BrN2OS. The fraction of sp³-hybridized carbons (Fsp3) is 0.583. The van der Waals surface area contributed by atoms with Gasteiger partial charge in [-0.15, -0.1) is 11.8 Å². The van der Waals surface area contributed by atoms with Crippen molar-refractivity contribution in [1.29, 1.82) is 0 Å². The highest BCUT2D eigenvalue weighted by atomic mass is 79.9. The maximum absolute atomic E-state index is 9.00. The Labute approximate surface area is 116 Å². The van der Waals surface area contributed by atoms with Crippen LogP contribution in [0.3, 0.4) is 0 Å². The Morgan fingerprint density at radius 1 is 1.53 bits per heavy atom. The van der Waals surface area contributed by atoms with Crippen LogP contribution in [0, 0.1) is 0 Å². The summed E-state index contributed by atoms with van der Waals surface area (Å²) in [5.74, 6) is 0.940. The van der Waals surface area contributed by atoms with E-state index in [1.165, 1.54) is 0 Å². The van der Waals surface area contributed by atoms with E-state index in [4.69, 9.17) is 5.11 Å². The van der Waals surface area contributed by atoms with Gasteiger partial charge in [0.05, 0.1) is 5.03 Å². The molecule has 1 heterocycles. The van der Waals surface area contributed by atoms with Crippen LogP contribution in [0.2, 0.25) is 0 Å². The summed E-state index contributed by atoms with van der Waals surface area (Å²) >= 11 is 5.09. The van der Waals surface area contributed by atoms with Crippen LogP contribution < -0.4 is 5.32 Å². The number of pyridine rings is 1. The number of hydrogen-bond donors (Lipinski definition) is 2. The lowest BCUT2D eigenvalue weighted by atomic mass is 10.2. The van der Waals surface area contributed by atoms with Gasteiger partial charge in [-0.2, -0.15) is 0 Å². The predicted octanol–water partition coefficient (Wildman–Crippen LogP) is 2.69. The standard InChI is InChI=1S/C12H19BrN2OS/c1-2-6-14-11(5-7-16)9-17-12-4-3-10(13)8-15-12/h3-4,8,11,14,16H,2,5-7,9H2,1H3. The van der Waals surface area contributed by atoms with Gasteiger partial charge in [-0.05, 0) is 47.4 Å². The van der Waals surface area contributed by atoms with E-state index in [1.807, 2.05) is 18.3 Å². The van der Waals surface area contributed by atoms with Crippen molar-refractivity contribution < 1.29 is 5.11 Å². The molecular weight excluding hydrogens is 300 g/mol. The van der Waals surface area contributed by atoms with Crippen LogP contribution in [0.25, 0.3) is 0 Å². The number of aromatic nitrogens is 1. The van der Waals surface area contributed by atoms with E-state index >= 15 is 0 Å². The van der Waals surface area contributed by atoms with Crippen LogP contribution in [-0.2, 0) is 0 Å². The van der Waals surface area contributed by atoms with Crippen molar-refractivity contribution in [2.75, 3.05) is 18.9 Å². The molecule has 1 rings (SSSR count). The van der Waals surface area contributed by atoms with Crippen LogP contribution in [0.15, 0.2) is 27.8 Å². The Hall–Kier alpha value is -0.100. The fourth-order valence-electron chi connectivity index (χ4n) is 1.38. The van der Waals surface area contributed by atoms with Gasteiger partial charge in [-0.25, -0.2) is 4.98 Å². The third kappa shape index (κ3) is 6.41. The van der Waals surface area contributed by atoms with Crippen molar-refractivity contribution in [3.8, 4) is 0 Å². The molecule has 0 amide bonds. The van der Waals surface area contributed by atoms with E-state index in [0.29, 0.717) is 6.04 Å². The second-order valence-corrected chi connectivity index (χ2v) is 5.74. The molecule has 1 atom stereocenters. The Bertz CT molecular complexity index is 308. The molecule has 0 aliphatic carbocycles. The fourth-order valence-corrected chi connectivity index (χ4v) is 2.56.